The third-order valence-electron chi connectivity index (χ3n) is 4.67. The molecular formula is C16H23F2N3O. The van der Waals surface area contributed by atoms with Crippen LogP contribution in [-0.2, 0) is 6.54 Å². The van der Waals surface area contributed by atoms with Gasteiger partial charge in [0.2, 0.25) is 5.88 Å². The van der Waals surface area contributed by atoms with Gasteiger partial charge in [-0.1, -0.05) is 6.07 Å². The van der Waals surface area contributed by atoms with E-state index in [0.29, 0.717) is 12.1 Å². The summed E-state index contributed by atoms with van der Waals surface area (Å²) in [7, 11) is 0. The summed E-state index contributed by atoms with van der Waals surface area (Å²) in [5, 5.41) is 0. The highest BCUT2D eigenvalue weighted by Crippen LogP contribution is 2.36. The van der Waals surface area contributed by atoms with Crippen LogP contribution in [0.1, 0.15) is 32.8 Å². The van der Waals surface area contributed by atoms with Gasteiger partial charge in [0, 0.05) is 49.5 Å². The van der Waals surface area contributed by atoms with E-state index in [1.54, 1.807) is 6.20 Å². The van der Waals surface area contributed by atoms with Gasteiger partial charge in [-0.15, -0.1) is 0 Å². The largest absolute Gasteiger partial charge is 0.417 e. The minimum absolute atomic E-state index is 0.0264. The monoisotopic (exact) mass is 311 g/mol. The van der Waals surface area contributed by atoms with Crippen molar-refractivity contribution < 1.29 is 13.5 Å². The molecule has 0 radical (unpaired) electrons. The van der Waals surface area contributed by atoms with Gasteiger partial charge in [-0.05, 0) is 32.8 Å². The van der Waals surface area contributed by atoms with Crippen molar-refractivity contribution in [3.63, 3.8) is 0 Å². The minimum Gasteiger partial charge on any atom is -0.417 e. The Morgan fingerprint density at radius 3 is 2.45 bits per heavy atom. The van der Waals surface area contributed by atoms with Gasteiger partial charge in [-0.3, -0.25) is 9.80 Å². The van der Waals surface area contributed by atoms with Crippen LogP contribution in [0.2, 0.25) is 0 Å². The van der Waals surface area contributed by atoms with Crippen molar-refractivity contribution in [1.29, 1.82) is 0 Å². The van der Waals surface area contributed by atoms with Crippen molar-refractivity contribution in [2.24, 2.45) is 0 Å². The molecule has 1 aromatic rings. The van der Waals surface area contributed by atoms with Crippen LogP contribution in [0.15, 0.2) is 18.3 Å². The predicted molar refractivity (Wildman–Crippen MR) is 79.9 cm³/mol. The Hall–Kier alpha value is -1.27. The molecule has 1 aromatic heterocycles. The molecule has 3 saturated heterocycles. The maximum Gasteiger partial charge on any atom is 0.388 e. The van der Waals surface area contributed by atoms with Crippen molar-refractivity contribution >= 4 is 0 Å². The maximum absolute atomic E-state index is 12.1. The van der Waals surface area contributed by atoms with Crippen molar-refractivity contribution in [1.82, 2.24) is 14.8 Å². The summed E-state index contributed by atoms with van der Waals surface area (Å²) in [6.45, 7) is 6.97. The second-order valence-corrected chi connectivity index (χ2v) is 7.17. The Morgan fingerprint density at radius 1 is 1.27 bits per heavy atom. The molecule has 4 heterocycles. The van der Waals surface area contributed by atoms with Crippen LogP contribution < -0.4 is 4.74 Å². The molecule has 122 valence electrons. The molecule has 0 aromatic carbocycles. The molecule has 22 heavy (non-hydrogen) atoms. The van der Waals surface area contributed by atoms with E-state index < -0.39 is 6.61 Å². The smallest absolute Gasteiger partial charge is 0.388 e. The summed E-state index contributed by atoms with van der Waals surface area (Å²) in [5.41, 5.74) is 1.26. The third-order valence-corrected chi connectivity index (χ3v) is 4.67. The van der Waals surface area contributed by atoms with E-state index in [4.69, 9.17) is 0 Å². The Labute approximate surface area is 130 Å². The van der Waals surface area contributed by atoms with Crippen LogP contribution in [0.4, 0.5) is 8.78 Å². The molecule has 6 heteroatoms. The molecule has 3 fully saturated rings. The summed E-state index contributed by atoms with van der Waals surface area (Å²) in [6.07, 6.45) is 2.89. The van der Waals surface area contributed by atoms with E-state index >= 15 is 0 Å². The van der Waals surface area contributed by atoms with Crippen LogP contribution in [0.3, 0.4) is 0 Å². The van der Waals surface area contributed by atoms with E-state index in [2.05, 4.69) is 40.3 Å². The zero-order chi connectivity index (χ0) is 15.9. The zero-order valence-corrected chi connectivity index (χ0v) is 13.3. The number of piperazine rings is 1. The van der Waals surface area contributed by atoms with Gasteiger partial charge in [0.15, 0.2) is 0 Å². The fourth-order valence-corrected chi connectivity index (χ4v) is 3.37. The maximum atomic E-state index is 12.1. The second kappa shape index (κ2) is 5.74. The molecule has 3 aliphatic rings. The van der Waals surface area contributed by atoms with E-state index in [0.717, 1.165) is 25.2 Å². The first-order valence-corrected chi connectivity index (χ1v) is 7.73. The minimum atomic E-state index is -2.82. The lowest BCUT2D eigenvalue weighted by atomic mass is 9.84. The molecule has 2 bridgehead atoms. The third kappa shape index (κ3) is 3.22. The van der Waals surface area contributed by atoms with Gasteiger partial charge < -0.3 is 4.74 Å². The SMILES string of the molecule is CC(C)(C)N1CC2CC(C1)N2Cc1ccc(OC(F)F)nc1. The molecular weight excluding hydrogens is 288 g/mol. The normalized spacial score (nSPS) is 26.1. The Balaban J connectivity index is 1.57. The van der Waals surface area contributed by atoms with Gasteiger partial charge >= 0.3 is 6.61 Å². The number of rotatable bonds is 4. The molecule has 2 atom stereocenters. The number of hydrogen-bond donors (Lipinski definition) is 0. The number of hydrogen-bond acceptors (Lipinski definition) is 4. The van der Waals surface area contributed by atoms with Crippen molar-refractivity contribution in [2.75, 3.05) is 13.1 Å². The van der Waals surface area contributed by atoms with E-state index in [1.165, 1.54) is 12.5 Å². The molecule has 0 saturated carbocycles. The summed E-state index contributed by atoms with van der Waals surface area (Å²) < 4.78 is 28.5. The fourth-order valence-electron chi connectivity index (χ4n) is 3.37. The van der Waals surface area contributed by atoms with Gasteiger partial charge in [0.05, 0.1) is 0 Å². The number of fused-ring (bicyclic) bond motifs is 2. The fraction of sp³-hybridized carbons (Fsp3) is 0.688. The second-order valence-electron chi connectivity index (χ2n) is 7.17. The summed E-state index contributed by atoms with van der Waals surface area (Å²) in [4.78, 5) is 8.97. The van der Waals surface area contributed by atoms with Crippen molar-refractivity contribution in [3.05, 3.63) is 23.9 Å². The topological polar surface area (TPSA) is 28.6 Å². The quantitative estimate of drug-likeness (QED) is 0.855. The first kappa shape index (κ1) is 15.6. The Morgan fingerprint density at radius 2 is 1.95 bits per heavy atom. The molecule has 4 nitrogen and oxygen atoms in total. The molecule has 0 aliphatic carbocycles. The van der Waals surface area contributed by atoms with Gasteiger partial charge in [-0.2, -0.15) is 8.78 Å². The number of piperidine rings is 1. The average molecular weight is 311 g/mol. The highest BCUT2D eigenvalue weighted by molar-refractivity contribution is 5.19. The first-order valence-electron chi connectivity index (χ1n) is 7.73. The van der Waals surface area contributed by atoms with Crippen LogP contribution in [0.25, 0.3) is 0 Å². The number of ether oxygens (including phenoxy) is 1. The summed E-state index contributed by atoms with van der Waals surface area (Å²) in [6, 6.07) is 4.52. The lowest BCUT2D eigenvalue weighted by Crippen LogP contribution is -2.70. The van der Waals surface area contributed by atoms with Gasteiger partial charge in [0.25, 0.3) is 0 Å². The average Bonchev–Trinajstić information content (AvgIpc) is 2.45. The Bertz CT molecular complexity index is 503. The first-order chi connectivity index (χ1) is 10.3. The standard InChI is InChI=1S/C16H23F2N3O/c1-16(2,3)20-9-12-6-13(10-20)21(12)8-11-4-5-14(19-7-11)22-15(17)18/h4-5,7,12-13,15H,6,8-10H2,1-3H3. The number of halogens is 2. The lowest BCUT2D eigenvalue weighted by Gasteiger charge is -2.59. The van der Waals surface area contributed by atoms with Gasteiger partial charge in [0.1, 0.15) is 0 Å². The van der Waals surface area contributed by atoms with Crippen molar-refractivity contribution in [3.8, 4) is 5.88 Å². The molecule has 0 spiro atoms. The number of pyridine rings is 1. The molecule has 4 rings (SSSR count). The number of alkyl halides is 2. The van der Waals surface area contributed by atoms with Crippen LogP contribution in [0.5, 0.6) is 5.88 Å². The highest BCUT2D eigenvalue weighted by atomic mass is 19.3. The van der Waals surface area contributed by atoms with E-state index in [9.17, 15) is 8.78 Å². The number of aromatic nitrogens is 1. The van der Waals surface area contributed by atoms with Crippen molar-refractivity contribution in [2.45, 2.75) is 58.0 Å². The number of nitrogens with zero attached hydrogens (tertiary/aromatic N) is 3. The predicted octanol–water partition coefficient (Wildman–Crippen LogP) is 2.74. The highest BCUT2D eigenvalue weighted by Gasteiger charge is 2.46. The van der Waals surface area contributed by atoms with Crippen LogP contribution >= 0.6 is 0 Å². The van der Waals surface area contributed by atoms with Gasteiger partial charge in [-0.25, -0.2) is 4.98 Å². The molecule has 2 unspecified atom stereocenters. The van der Waals surface area contributed by atoms with E-state index in [1.807, 2.05) is 6.07 Å². The zero-order valence-electron chi connectivity index (χ0n) is 13.3. The molecule has 0 amide bonds. The van der Waals surface area contributed by atoms with Crippen LogP contribution in [0, 0.1) is 0 Å². The molecule has 0 N–H and O–H groups in total. The Kier molecular flexibility index (Phi) is 4.07. The van der Waals surface area contributed by atoms with Crippen LogP contribution in [-0.4, -0.2) is 52.1 Å². The van der Waals surface area contributed by atoms with E-state index in [-0.39, 0.29) is 11.4 Å². The summed E-state index contributed by atoms with van der Waals surface area (Å²) >= 11 is 0. The lowest BCUT2D eigenvalue weighted by molar-refractivity contribution is -0.0997. The summed E-state index contributed by atoms with van der Waals surface area (Å²) in [5.74, 6) is -0.0264. The molecule has 3 aliphatic heterocycles.